The minimum Gasteiger partial charge on any atom is -0.329 e. The van der Waals surface area contributed by atoms with Crippen molar-refractivity contribution >= 4 is 39.1 Å². The number of hydrogen-bond acceptors (Lipinski definition) is 4. The molecule has 0 fully saturated rings. The molecule has 8 heteroatoms. The zero-order valence-electron chi connectivity index (χ0n) is 13.6. The standard InChI is InChI=1S/C17H16ClN3O2S2/c1-12-11-13(18)7-8-16(12)25(22,23)20-14-5-3-4-6-15(14)24-17-19-9-10-21(17)2/h3-11,20H,1-2H3. The first kappa shape index (κ1) is 17.8. The number of sulfonamides is 1. The highest BCUT2D eigenvalue weighted by atomic mass is 35.5. The van der Waals surface area contributed by atoms with Crippen LogP contribution in [0.15, 0.2) is 69.8 Å². The second-order valence-electron chi connectivity index (χ2n) is 5.43. The fourth-order valence-corrected chi connectivity index (χ4v) is 4.79. The van der Waals surface area contributed by atoms with Gasteiger partial charge in [-0.25, -0.2) is 13.4 Å². The van der Waals surface area contributed by atoms with Crippen LogP contribution in [0.4, 0.5) is 5.69 Å². The number of anilines is 1. The van der Waals surface area contributed by atoms with Crippen LogP contribution in [0.5, 0.6) is 0 Å². The number of imidazole rings is 1. The molecule has 0 saturated heterocycles. The smallest absolute Gasteiger partial charge is 0.262 e. The number of benzene rings is 2. The van der Waals surface area contributed by atoms with Crippen LogP contribution in [0.25, 0.3) is 0 Å². The van der Waals surface area contributed by atoms with Gasteiger partial charge in [0.15, 0.2) is 5.16 Å². The number of halogens is 1. The lowest BCUT2D eigenvalue weighted by molar-refractivity contribution is 0.600. The first-order valence-electron chi connectivity index (χ1n) is 7.40. The van der Waals surface area contributed by atoms with Crippen molar-refractivity contribution in [1.82, 2.24) is 9.55 Å². The molecule has 0 spiro atoms. The van der Waals surface area contributed by atoms with Gasteiger partial charge in [-0.3, -0.25) is 4.72 Å². The normalized spacial score (nSPS) is 11.5. The van der Waals surface area contributed by atoms with Gasteiger partial charge in [-0.1, -0.05) is 23.7 Å². The molecule has 0 aliphatic rings. The molecule has 0 aliphatic heterocycles. The fraction of sp³-hybridized carbons (Fsp3) is 0.118. The summed E-state index contributed by atoms with van der Waals surface area (Å²) in [5, 5.41) is 1.27. The number of para-hydroxylation sites is 1. The summed E-state index contributed by atoms with van der Waals surface area (Å²) < 4.78 is 30.1. The molecule has 0 saturated carbocycles. The summed E-state index contributed by atoms with van der Waals surface area (Å²) in [6.45, 7) is 1.72. The molecule has 0 unspecified atom stereocenters. The van der Waals surface area contributed by atoms with Crippen LogP contribution < -0.4 is 4.72 Å². The molecule has 1 aromatic heterocycles. The van der Waals surface area contributed by atoms with E-state index in [1.54, 1.807) is 37.4 Å². The van der Waals surface area contributed by atoms with Gasteiger partial charge in [0.05, 0.1) is 10.6 Å². The van der Waals surface area contributed by atoms with Crippen molar-refractivity contribution < 1.29 is 8.42 Å². The average Bonchev–Trinajstić information content (AvgIpc) is 2.93. The van der Waals surface area contributed by atoms with Gasteiger partial charge < -0.3 is 4.57 Å². The average molecular weight is 394 g/mol. The lowest BCUT2D eigenvalue weighted by Crippen LogP contribution is -2.14. The van der Waals surface area contributed by atoms with Gasteiger partial charge in [-0.2, -0.15) is 0 Å². The van der Waals surface area contributed by atoms with E-state index in [-0.39, 0.29) is 4.90 Å². The van der Waals surface area contributed by atoms with Crippen LogP contribution in [-0.2, 0) is 17.1 Å². The molecule has 1 N–H and O–H groups in total. The molecule has 3 rings (SSSR count). The molecule has 130 valence electrons. The van der Waals surface area contributed by atoms with Crippen molar-refractivity contribution in [2.75, 3.05) is 4.72 Å². The van der Waals surface area contributed by atoms with Gasteiger partial charge in [-0.15, -0.1) is 0 Å². The Labute approximate surface area is 156 Å². The van der Waals surface area contributed by atoms with Crippen molar-refractivity contribution in [2.24, 2.45) is 7.05 Å². The SMILES string of the molecule is Cc1cc(Cl)ccc1S(=O)(=O)Nc1ccccc1Sc1nccn1C. The van der Waals surface area contributed by atoms with Crippen LogP contribution in [-0.4, -0.2) is 18.0 Å². The summed E-state index contributed by atoms with van der Waals surface area (Å²) >= 11 is 7.31. The third-order valence-corrected chi connectivity index (χ3v) is 6.45. The summed E-state index contributed by atoms with van der Waals surface area (Å²) in [5.74, 6) is 0. The predicted octanol–water partition coefficient (Wildman–Crippen LogP) is 4.33. The Morgan fingerprint density at radius 1 is 1.20 bits per heavy atom. The lowest BCUT2D eigenvalue weighted by Gasteiger charge is -2.13. The Morgan fingerprint density at radius 3 is 2.64 bits per heavy atom. The van der Waals surface area contributed by atoms with E-state index < -0.39 is 10.0 Å². The first-order chi connectivity index (χ1) is 11.9. The number of nitrogens with zero attached hydrogens (tertiary/aromatic N) is 2. The third-order valence-electron chi connectivity index (χ3n) is 3.54. The van der Waals surface area contributed by atoms with E-state index in [9.17, 15) is 8.42 Å². The molecule has 3 aromatic rings. The van der Waals surface area contributed by atoms with Gasteiger partial charge in [-0.05, 0) is 54.6 Å². The molecule has 2 aromatic carbocycles. The first-order valence-corrected chi connectivity index (χ1v) is 10.1. The van der Waals surface area contributed by atoms with Crippen LogP contribution in [0.2, 0.25) is 5.02 Å². The summed E-state index contributed by atoms with van der Waals surface area (Å²) in [6.07, 6.45) is 3.54. The summed E-state index contributed by atoms with van der Waals surface area (Å²) in [7, 11) is -1.83. The maximum Gasteiger partial charge on any atom is 0.262 e. The van der Waals surface area contributed by atoms with Gasteiger partial charge >= 0.3 is 0 Å². The molecule has 0 amide bonds. The molecule has 0 atom stereocenters. The Bertz CT molecular complexity index is 1020. The van der Waals surface area contributed by atoms with Gasteiger partial charge in [0.1, 0.15) is 0 Å². The second-order valence-corrected chi connectivity index (χ2v) is 8.53. The summed E-state index contributed by atoms with van der Waals surface area (Å²) in [5.41, 5.74) is 1.10. The highest BCUT2D eigenvalue weighted by Gasteiger charge is 2.19. The van der Waals surface area contributed by atoms with E-state index in [1.807, 2.05) is 29.9 Å². The largest absolute Gasteiger partial charge is 0.329 e. The van der Waals surface area contributed by atoms with Crippen LogP contribution in [0, 0.1) is 6.92 Å². The van der Waals surface area contributed by atoms with Gasteiger partial charge in [0, 0.05) is 29.4 Å². The summed E-state index contributed by atoms with van der Waals surface area (Å²) in [6, 6.07) is 11.9. The number of nitrogens with one attached hydrogen (secondary N) is 1. The third kappa shape index (κ3) is 4.00. The van der Waals surface area contributed by atoms with Crippen LogP contribution in [0.1, 0.15) is 5.56 Å². The van der Waals surface area contributed by atoms with Gasteiger partial charge in [0.2, 0.25) is 0 Å². The zero-order chi connectivity index (χ0) is 18.0. The van der Waals surface area contributed by atoms with Crippen molar-refractivity contribution in [3.8, 4) is 0 Å². The Hall–Kier alpha value is -1.96. The molecule has 5 nitrogen and oxygen atoms in total. The molecule has 0 radical (unpaired) electrons. The topological polar surface area (TPSA) is 64.0 Å². The van der Waals surface area contributed by atoms with E-state index in [0.29, 0.717) is 16.3 Å². The van der Waals surface area contributed by atoms with E-state index >= 15 is 0 Å². The minimum absolute atomic E-state index is 0.202. The Morgan fingerprint density at radius 2 is 1.96 bits per heavy atom. The molecule has 25 heavy (non-hydrogen) atoms. The Kier molecular flexibility index (Phi) is 5.08. The van der Waals surface area contributed by atoms with E-state index in [0.717, 1.165) is 10.1 Å². The highest BCUT2D eigenvalue weighted by Crippen LogP contribution is 2.33. The summed E-state index contributed by atoms with van der Waals surface area (Å²) in [4.78, 5) is 5.24. The monoisotopic (exact) mass is 393 g/mol. The number of hydrogen-bond donors (Lipinski definition) is 1. The Balaban J connectivity index is 1.94. The van der Waals surface area contributed by atoms with E-state index in [4.69, 9.17) is 11.6 Å². The highest BCUT2D eigenvalue weighted by molar-refractivity contribution is 7.99. The van der Waals surface area contributed by atoms with Crippen LogP contribution >= 0.6 is 23.4 Å². The van der Waals surface area contributed by atoms with Gasteiger partial charge in [0.25, 0.3) is 10.0 Å². The van der Waals surface area contributed by atoms with Crippen molar-refractivity contribution in [2.45, 2.75) is 21.9 Å². The van der Waals surface area contributed by atoms with E-state index in [1.165, 1.54) is 17.8 Å². The predicted molar refractivity (Wildman–Crippen MR) is 101 cm³/mol. The molecule has 1 heterocycles. The molecule has 0 bridgehead atoms. The minimum atomic E-state index is -3.72. The second kappa shape index (κ2) is 7.11. The van der Waals surface area contributed by atoms with Crippen molar-refractivity contribution in [1.29, 1.82) is 0 Å². The van der Waals surface area contributed by atoms with Crippen LogP contribution in [0.3, 0.4) is 0 Å². The zero-order valence-corrected chi connectivity index (χ0v) is 16.0. The molecule has 0 aliphatic carbocycles. The number of aryl methyl sites for hydroxylation is 2. The molecular formula is C17H16ClN3O2S2. The quantitative estimate of drug-likeness (QED) is 0.700. The van der Waals surface area contributed by atoms with Crippen molar-refractivity contribution in [3.63, 3.8) is 0 Å². The van der Waals surface area contributed by atoms with E-state index in [2.05, 4.69) is 9.71 Å². The number of rotatable bonds is 5. The maximum absolute atomic E-state index is 12.8. The van der Waals surface area contributed by atoms with Crippen molar-refractivity contribution in [3.05, 3.63) is 65.4 Å². The lowest BCUT2D eigenvalue weighted by atomic mass is 10.2. The fourth-order valence-electron chi connectivity index (χ4n) is 2.30. The maximum atomic E-state index is 12.8. The number of aromatic nitrogens is 2. The molecular weight excluding hydrogens is 378 g/mol.